The molecule has 3 aromatic heterocycles. The van der Waals surface area contributed by atoms with Gasteiger partial charge in [-0.3, -0.25) is 9.48 Å². The van der Waals surface area contributed by atoms with E-state index in [0.717, 1.165) is 17.1 Å². The summed E-state index contributed by atoms with van der Waals surface area (Å²) in [6.45, 7) is 4.14. The molecule has 0 spiro atoms. The first-order valence-electron chi connectivity index (χ1n) is 7.80. The fourth-order valence-electron chi connectivity index (χ4n) is 2.47. The number of aromatic nitrogens is 3. The van der Waals surface area contributed by atoms with Crippen LogP contribution >= 0.6 is 22.7 Å². The van der Waals surface area contributed by atoms with Crippen LogP contribution in [0.5, 0.6) is 0 Å². The number of hydrogen-bond acceptors (Lipinski definition) is 5. The summed E-state index contributed by atoms with van der Waals surface area (Å²) in [6, 6.07) is 3.81. The zero-order valence-corrected chi connectivity index (χ0v) is 15.5. The third-order valence-corrected chi connectivity index (χ3v) is 5.42. The second-order valence-electron chi connectivity index (χ2n) is 5.96. The fraction of sp³-hybridized carbons (Fsp3) is 0.353. The van der Waals surface area contributed by atoms with Crippen molar-refractivity contribution in [1.29, 1.82) is 0 Å². The molecule has 3 aromatic rings. The van der Waals surface area contributed by atoms with E-state index in [9.17, 15) is 4.79 Å². The van der Waals surface area contributed by atoms with Crippen LogP contribution in [0.25, 0.3) is 0 Å². The van der Waals surface area contributed by atoms with E-state index in [-0.39, 0.29) is 11.9 Å². The molecular weight excluding hydrogens is 340 g/mol. The Morgan fingerprint density at radius 1 is 1.38 bits per heavy atom. The van der Waals surface area contributed by atoms with E-state index in [1.54, 1.807) is 40.6 Å². The lowest BCUT2D eigenvalue weighted by Gasteiger charge is -2.16. The molecule has 0 bridgehead atoms. The summed E-state index contributed by atoms with van der Waals surface area (Å²) in [5, 5.41) is 14.5. The standard InChI is InChI=1S/C17H20N4OS2/c1-11(2)13-9-15(21(3)20-13)16(22)19-14(17-18-5-7-24-17)8-12-4-6-23-10-12/h4-7,9-11,14H,8H2,1-3H3,(H,19,22)/t14-/m1/s1. The molecule has 0 radical (unpaired) electrons. The quantitative estimate of drug-likeness (QED) is 0.728. The minimum absolute atomic E-state index is 0.118. The third kappa shape index (κ3) is 3.73. The molecular formula is C17H20N4OS2. The Bertz CT molecular complexity index is 791. The lowest BCUT2D eigenvalue weighted by Crippen LogP contribution is -2.31. The number of hydrogen-bond donors (Lipinski definition) is 1. The highest BCUT2D eigenvalue weighted by Crippen LogP contribution is 2.23. The van der Waals surface area contributed by atoms with E-state index in [2.05, 4.69) is 40.7 Å². The molecule has 5 nitrogen and oxygen atoms in total. The number of carbonyl (C=O) groups excluding carboxylic acids is 1. The Morgan fingerprint density at radius 3 is 2.79 bits per heavy atom. The number of aryl methyl sites for hydroxylation is 1. The highest BCUT2D eigenvalue weighted by molar-refractivity contribution is 7.09. The molecule has 1 amide bonds. The van der Waals surface area contributed by atoms with Gasteiger partial charge in [0, 0.05) is 25.0 Å². The van der Waals surface area contributed by atoms with Crippen molar-refractivity contribution in [3.63, 3.8) is 0 Å². The Hall–Kier alpha value is -1.99. The number of amides is 1. The van der Waals surface area contributed by atoms with Gasteiger partial charge in [-0.1, -0.05) is 13.8 Å². The minimum Gasteiger partial charge on any atom is -0.341 e. The summed E-state index contributed by atoms with van der Waals surface area (Å²) in [5.41, 5.74) is 2.70. The number of thiazole rings is 1. The maximum Gasteiger partial charge on any atom is 0.270 e. The highest BCUT2D eigenvalue weighted by atomic mass is 32.1. The van der Waals surface area contributed by atoms with Crippen molar-refractivity contribution in [3.05, 3.63) is 56.4 Å². The fourth-order valence-corrected chi connectivity index (χ4v) is 3.84. The van der Waals surface area contributed by atoms with Crippen LogP contribution in [-0.2, 0) is 13.5 Å². The summed E-state index contributed by atoms with van der Waals surface area (Å²) in [7, 11) is 1.80. The number of carbonyl (C=O) groups is 1. The van der Waals surface area contributed by atoms with Gasteiger partial charge in [0.15, 0.2) is 0 Å². The van der Waals surface area contributed by atoms with Crippen LogP contribution in [-0.4, -0.2) is 20.7 Å². The number of nitrogens with one attached hydrogen (secondary N) is 1. The second-order valence-corrected chi connectivity index (χ2v) is 7.67. The maximum atomic E-state index is 12.7. The van der Waals surface area contributed by atoms with Crippen molar-refractivity contribution in [1.82, 2.24) is 20.1 Å². The summed E-state index contributed by atoms with van der Waals surface area (Å²) < 4.78 is 1.65. The number of nitrogens with zero attached hydrogens (tertiary/aromatic N) is 3. The lowest BCUT2D eigenvalue weighted by molar-refractivity contribution is 0.0927. The van der Waals surface area contributed by atoms with Gasteiger partial charge in [-0.15, -0.1) is 11.3 Å². The predicted octanol–water partition coefficient (Wildman–Crippen LogP) is 3.78. The average Bonchev–Trinajstić information content (AvgIpc) is 3.27. The molecule has 1 N–H and O–H groups in total. The first kappa shape index (κ1) is 16.9. The zero-order valence-electron chi connectivity index (χ0n) is 13.9. The molecule has 7 heteroatoms. The Balaban J connectivity index is 1.80. The largest absolute Gasteiger partial charge is 0.341 e. The molecule has 0 aromatic carbocycles. The van der Waals surface area contributed by atoms with Crippen LogP contribution in [0, 0.1) is 0 Å². The maximum absolute atomic E-state index is 12.7. The number of rotatable bonds is 6. The van der Waals surface area contributed by atoms with Crippen molar-refractivity contribution in [2.45, 2.75) is 32.2 Å². The van der Waals surface area contributed by atoms with Crippen LogP contribution in [0.2, 0.25) is 0 Å². The average molecular weight is 361 g/mol. The Labute approximate surface area is 149 Å². The summed E-state index contributed by atoms with van der Waals surface area (Å²) in [5.74, 6) is 0.172. The van der Waals surface area contributed by atoms with Gasteiger partial charge in [0.05, 0.1) is 11.7 Å². The molecule has 0 aliphatic rings. The lowest BCUT2D eigenvalue weighted by atomic mass is 10.1. The van der Waals surface area contributed by atoms with E-state index in [1.165, 1.54) is 5.56 Å². The molecule has 0 aliphatic heterocycles. The van der Waals surface area contributed by atoms with E-state index >= 15 is 0 Å². The molecule has 3 rings (SSSR count). The van der Waals surface area contributed by atoms with Crippen molar-refractivity contribution in [2.24, 2.45) is 7.05 Å². The molecule has 126 valence electrons. The van der Waals surface area contributed by atoms with Crippen molar-refractivity contribution in [3.8, 4) is 0 Å². The number of thiophene rings is 1. The predicted molar refractivity (Wildman–Crippen MR) is 97.6 cm³/mol. The summed E-state index contributed by atoms with van der Waals surface area (Å²) in [6.07, 6.45) is 2.51. The van der Waals surface area contributed by atoms with Crippen molar-refractivity contribution < 1.29 is 4.79 Å². The third-order valence-electron chi connectivity index (χ3n) is 3.80. The van der Waals surface area contributed by atoms with Crippen LogP contribution in [0.4, 0.5) is 0 Å². The molecule has 0 fully saturated rings. The molecule has 0 saturated carbocycles. The SMILES string of the molecule is CC(C)c1cc(C(=O)N[C@H](Cc2ccsc2)c2nccs2)n(C)n1. The van der Waals surface area contributed by atoms with E-state index < -0.39 is 0 Å². The van der Waals surface area contributed by atoms with Gasteiger partial charge in [-0.2, -0.15) is 16.4 Å². The summed E-state index contributed by atoms with van der Waals surface area (Å²) in [4.78, 5) is 17.1. The molecule has 24 heavy (non-hydrogen) atoms. The molecule has 0 saturated heterocycles. The van der Waals surface area contributed by atoms with E-state index in [0.29, 0.717) is 11.6 Å². The Morgan fingerprint density at radius 2 is 2.21 bits per heavy atom. The van der Waals surface area contributed by atoms with Gasteiger partial charge in [0.1, 0.15) is 10.7 Å². The second kappa shape index (κ2) is 7.27. The molecule has 1 atom stereocenters. The van der Waals surface area contributed by atoms with Gasteiger partial charge >= 0.3 is 0 Å². The topological polar surface area (TPSA) is 59.8 Å². The summed E-state index contributed by atoms with van der Waals surface area (Å²) >= 11 is 3.22. The van der Waals surface area contributed by atoms with Gasteiger partial charge in [-0.25, -0.2) is 4.98 Å². The molecule has 0 unspecified atom stereocenters. The van der Waals surface area contributed by atoms with Gasteiger partial charge in [0.25, 0.3) is 5.91 Å². The van der Waals surface area contributed by atoms with Gasteiger partial charge < -0.3 is 5.32 Å². The minimum atomic E-state index is -0.135. The van der Waals surface area contributed by atoms with Crippen molar-refractivity contribution >= 4 is 28.6 Å². The Kier molecular flexibility index (Phi) is 5.11. The molecule has 3 heterocycles. The van der Waals surface area contributed by atoms with Gasteiger partial charge in [0.2, 0.25) is 0 Å². The smallest absolute Gasteiger partial charge is 0.270 e. The van der Waals surface area contributed by atoms with Crippen LogP contribution < -0.4 is 5.32 Å². The van der Waals surface area contributed by atoms with Crippen LogP contribution in [0.1, 0.15) is 52.6 Å². The normalized spacial score (nSPS) is 12.5. The van der Waals surface area contributed by atoms with E-state index in [4.69, 9.17) is 0 Å². The first-order valence-corrected chi connectivity index (χ1v) is 9.62. The van der Waals surface area contributed by atoms with Gasteiger partial charge in [-0.05, 0) is 34.4 Å². The molecule has 0 aliphatic carbocycles. The van der Waals surface area contributed by atoms with Crippen LogP contribution in [0.3, 0.4) is 0 Å². The zero-order chi connectivity index (χ0) is 17.1. The first-order chi connectivity index (χ1) is 11.5. The van der Waals surface area contributed by atoms with Crippen LogP contribution in [0.15, 0.2) is 34.5 Å². The van der Waals surface area contributed by atoms with Crippen molar-refractivity contribution in [2.75, 3.05) is 0 Å². The highest BCUT2D eigenvalue weighted by Gasteiger charge is 2.21. The van der Waals surface area contributed by atoms with E-state index in [1.807, 2.05) is 16.8 Å². The monoisotopic (exact) mass is 360 g/mol.